The van der Waals surface area contributed by atoms with Crippen molar-refractivity contribution in [2.24, 2.45) is 0 Å². The van der Waals surface area contributed by atoms with Crippen molar-refractivity contribution in [2.45, 2.75) is 13.0 Å². The SMILES string of the molecule is CNC(CN(C)c1ccc(F)cc1)c1ccc(C)cc1. The van der Waals surface area contributed by atoms with Gasteiger partial charge in [-0.05, 0) is 43.8 Å². The van der Waals surface area contributed by atoms with E-state index in [4.69, 9.17) is 0 Å². The first-order chi connectivity index (χ1) is 9.60. The fraction of sp³-hybridized carbons (Fsp3) is 0.294. The molecule has 2 rings (SSSR count). The molecule has 0 aromatic heterocycles. The lowest BCUT2D eigenvalue weighted by Gasteiger charge is -2.26. The fourth-order valence-electron chi connectivity index (χ4n) is 2.24. The first-order valence-electron chi connectivity index (χ1n) is 6.80. The van der Waals surface area contributed by atoms with Crippen molar-refractivity contribution in [1.82, 2.24) is 5.32 Å². The molecule has 0 aliphatic carbocycles. The number of likely N-dealkylation sites (N-methyl/N-ethyl adjacent to an activating group) is 2. The molecule has 0 spiro atoms. The summed E-state index contributed by atoms with van der Waals surface area (Å²) >= 11 is 0. The summed E-state index contributed by atoms with van der Waals surface area (Å²) in [5.41, 5.74) is 3.53. The molecule has 0 radical (unpaired) electrons. The van der Waals surface area contributed by atoms with Gasteiger partial charge in [0, 0.05) is 25.3 Å². The van der Waals surface area contributed by atoms with E-state index in [1.54, 1.807) is 12.1 Å². The molecule has 0 amide bonds. The van der Waals surface area contributed by atoms with E-state index in [1.807, 2.05) is 14.1 Å². The minimum atomic E-state index is -0.203. The highest BCUT2D eigenvalue weighted by atomic mass is 19.1. The third-order valence-electron chi connectivity index (χ3n) is 3.55. The second kappa shape index (κ2) is 6.53. The smallest absolute Gasteiger partial charge is 0.123 e. The Morgan fingerprint density at radius 2 is 1.65 bits per heavy atom. The van der Waals surface area contributed by atoms with Crippen LogP contribution in [0.5, 0.6) is 0 Å². The number of hydrogen-bond donors (Lipinski definition) is 1. The van der Waals surface area contributed by atoms with Gasteiger partial charge in [-0.2, -0.15) is 0 Å². The Morgan fingerprint density at radius 3 is 2.20 bits per heavy atom. The van der Waals surface area contributed by atoms with Gasteiger partial charge in [-0.1, -0.05) is 29.8 Å². The lowest BCUT2D eigenvalue weighted by molar-refractivity contribution is 0.588. The Bertz CT molecular complexity index is 534. The summed E-state index contributed by atoms with van der Waals surface area (Å²) in [6.07, 6.45) is 0. The molecule has 1 atom stereocenters. The Kier molecular flexibility index (Phi) is 4.74. The first kappa shape index (κ1) is 14.5. The second-order valence-electron chi connectivity index (χ2n) is 5.11. The van der Waals surface area contributed by atoms with Crippen molar-refractivity contribution < 1.29 is 4.39 Å². The number of nitrogens with one attached hydrogen (secondary N) is 1. The van der Waals surface area contributed by atoms with Gasteiger partial charge >= 0.3 is 0 Å². The maximum Gasteiger partial charge on any atom is 0.123 e. The van der Waals surface area contributed by atoms with Crippen LogP contribution in [0, 0.1) is 12.7 Å². The van der Waals surface area contributed by atoms with Gasteiger partial charge in [-0.25, -0.2) is 4.39 Å². The summed E-state index contributed by atoms with van der Waals surface area (Å²) < 4.78 is 13.0. The number of anilines is 1. The van der Waals surface area contributed by atoms with Crippen molar-refractivity contribution >= 4 is 5.69 Å². The van der Waals surface area contributed by atoms with Crippen LogP contribution in [0.25, 0.3) is 0 Å². The molecule has 0 saturated carbocycles. The zero-order valence-corrected chi connectivity index (χ0v) is 12.2. The molecule has 20 heavy (non-hydrogen) atoms. The summed E-state index contributed by atoms with van der Waals surface area (Å²) in [7, 11) is 3.98. The Hall–Kier alpha value is -1.87. The van der Waals surface area contributed by atoms with E-state index < -0.39 is 0 Å². The minimum Gasteiger partial charge on any atom is -0.373 e. The molecular weight excluding hydrogens is 251 g/mol. The molecule has 0 heterocycles. The molecule has 3 heteroatoms. The summed E-state index contributed by atoms with van der Waals surface area (Å²) in [4.78, 5) is 2.13. The van der Waals surface area contributed by atoms with Crippen LogP contribution in [0.2, 0.25) is 0 Å². The average molecular weight is 272 g/mol. The van der Waals surface area contributed by atoms with Crippen LogP contribution in [0.4, 0.5) is 10.1 Å². The predicted octanol–water partition coefficient (Wildman–Crippen LogP) is 3.53. The van der Waals surface area contributed by atoms with E-state index in [2.05, 4.69) is 41.4 Å². The van der Waals surface area contributed by atoms with Crippen molar-refractivity contribution in [1.29, 1.82) is 0 Å². The van der Waals surface area contributed by atoms with Gasteiger partial charge < -0.3 is 10.2 Å². The van der Waals surface area contributed by atoms with Crippen molar-refractivity contribution in [3.8, 4) is 0 Å². The summed E-state index contributed by atoms with van der Waals surface area (Å²) in [6.45, 7) is 2.91. The van der Waals surface area contributed by atoms with E-state index in [9.17, 15) is 4.39 Å². The first-order valence-corrected chi connectivity index (χ1v) is 6.80. The highest BCUT2D eigenvalue weighted by Gasteiger charge is 2.12. The highest BCUT2D eigenvalue weighted by Crippen LogP contribution is 2.19. The molecule has 2 aromatic carbocycles. The number of nitrogens with zero attached hydrogens (tertiary/aromatic N) is 1. The van der Waals surface area contributed by atoms with Crippen LogP contribution < -0.4 is 10.2 Å². The zero-order valence-electron chi connectivity index (χ0n) is 12.2. The van der Waals surface area contributed by atoms with Crippen molar-refractivity contribution in [3.63, 3.8) is 0 Å². The Balaban J connectivity index is 2.09. The van der Waals surface area contributed by atoms with Crippen LogP contribution in [-0.4, -0.2) is 20.6 Å². The molecule has 0 saturated heterocycles. The summed E-state index contributed by atoms with van der Waals surface area (Å²) in [5.74, 6) is -0.203. The number of benzene rings is 2. The second-order valence-corrected chi connectivity index (χ2v) is 5.11. The minimum absolute atomic E-state index is 0.203. The molecule has 1 unspecified atom stereocenters. The Labute approximate surface area is 120 Å². The van der Waals surface area contributed by atoms with Crippen LogP contribution >= 0.6 is 0 Å². The van der Waals surface area contributed by atoms with Crippen LogP contribution in [0.1, 0.15) is 17.2 Å². The monoisotopic (exact) mass is 272 g/mol. The maximum absolute atomic E-state index is 13.0. The van der Waals surface area contributed by atoms with Crippen LogP contribution in [-0.2, 0) is 0 Å². The van der Waals surface area contributed by atoms with Gasteiger partial charge in [0.15, 0.2) is 0 Å². The normalized spacial score (nSPS) is 12.2. The average Bonchev–Trinajstić information content (AvgIpc) is 2.46. The maximum atomic E-state index is 13.0. The van der Waals surface area contributed by atoms with Crippen LogP contribution in [0.15, 0.2) is 48.5 Å². The van der Waals surface area contributed by atoms with Crippen molar-refractivity contribution in [2.75, 3.05) is 25.5 Å². The molecule has 0 aliphatic heterocycles. The van der Waals surface area contributed by atoms with Gasteiger partial charge in [-0.15, -0.1) is 0 Å². The van der Waals surface area contributed by atoms with E-state index in [0.29, 0.717) is 0 Å². The van der Waals surface area contributed by atoms with E-state index in [0.717, 1.165) is 12.2 Å². The van der Waals surface area contributed by atoms with E-state index in [-0.39, 0.29) is 11.9 Å². The Morgan fingerprint density at radius 1 is 1.05 bits per heavy atom. The molecule has 106 valence electrons. The third-order valence-corrected chi connectivity index (χ3v) is 3.55. The zero-order chi connectivity index (χ0) is 14.5. The van der Waals surface area contributed by atoms with Gasteiger partial charge in [0.05, 0.1) is 0 Å². The molecular formula is C17H21FN2. The number of aryl methyl sites for hydroxylation is 1. The van der Waals surface area contributed by atoms with Gasteiger partial charge in [0.2, 0.25) is 0 Å². The molecule has 2 aromatic rings. The largest absolute Gasteiger partial charge is 0.373 e. The van der Waals surface area contributed by atoms with E-state index in [1.165, 1.54) is 23.3 Å². The van der Waals surface area contributed by atoms with Gasteiger partial charge in [-0.3, -0.25) is 0 Å². The fourth-order valence-corrected chi connectivity index (χ4v) is 2.24. The topological polar surface area (TPSA) is 15.3 Å². The quantitative estimate of drug-likeness (QED) is 0.895. The summed E-state index contributed by atoms with van der Waals surface area (Å²) in [5, 5.41) is 3.33. The molecule has 0 aliphatic rings. The predicted molar refractivity (Wildman–Crippen MR) is 82.6 cm³/mol. The molecule has 0 fully saturated rings. The third kappa shape index (κ3) is 3.58. The summed E-state index contributed by atoms with van der Waals surface area (Å²) in [6, 6.07) is 15.4. The standard InChI is InChI=1S/C17H21FN2/c1-13-4-6-14(7-5-13)17(19-2)12-20(3)16-10-8-15(18)9-11-16/h4-11,17,19H,12H2,1-3H3. The highest BCUT2D eigenvalue weighted by molar-refractivity contribution is 5.46. The lowest BCUT2D eigenvalue weighted by Crippen LogP contribution is -2.31. The van der Waals surface area contributed by atoms with Crippen molar-refractivity contribution in [3.05, 3.63) is 65.5 Å². The lowest BCUT2D eigenvalue weighted by atomic mass is 10.0. The van der Waals surface area contributed by atoms with Gasteiger partial charge in [0.1, 0.15) is 5.82 Å². The van der Waals surface area contributed by atoms with Crippen LogP contribution in [0.3, 0.4) is 0 Å². The number of hydrogen-bond acceptors (Lipinski definition) is 2. The van der Waals surface area contributed by atoms with E-state index >= 15 is 0 Å². The number of halogens is 1. The molecule has 1 N–H and O–H groups in total. The number of rotatable bonds is 5. The molecule has 2 nitrogen and oxygen atoms in total. The molecule has 0 bridgehead atoms. The van der Waals surface area contributed by atoms with Gasteiger partial charge in [0.25, 0.3) is 0 Å².